The zero-order valence-corrected chi connectivity index (χ0v) is 14.4. The van der Waals surface area contributed by atoms with E-state index in [-0.39, 0.29) is 0 Å². The topological polar surface area (TPSA) is 80.7 Å². The van der Waals surface area contributed by atoms with E-state index in [1.807, 2.05) is 44.3 Å². The summed E-state index contributed by atoms with van der Waals surface area (Å²) in [7, 11) is 0. The minimum atomic E-state index is 0.498. The van der Waals surface area contributed by atoms with Crippen LogP contribution >= 0.6 is 11.6 Å². The number of aromatic nitrogens is 3. The minimum Gasteiger partial charge on any atom is -0.361 e. The summed E-state index contributed by atoms with van der Waals surface area (Å²) >= 11 is 6.09. The molecule has 0 amide bonds. The molecule has 0 spiro atoms. The molecule has 2 heterocycles. The molecule has 0 radical (unpaired) electrons. The molecule has 0 fully saturated rings. The Kier molecular flexibility index (Phi) is 4.66. The van der Waals surface area contributed by atoms with Crippen LogP contribution in [0.2, 0.25) is 5.02 Å². The van der Waals surface area contributed by atoms with Crippen molar-refractivity contribution in [2.45, 2.75) is 20.3 Å². The number of nitrogens with zero attached hydrogens (tertiary/aromatic N) is 3. The number of hydrogen-bond donors (Lipinski definition) is 3. The van der Waals surface area contributed by atoms with Crippen molar-refractivity contribution in [3.8, 4) is 0 Å². The summed E-state index contributed by atoms with van der Waals surface area (Å²) in [6.07, 6.45) is 3.98. The molecular formula is C17H19ClN6. The molecule has 0 saturated heterocycles. The van der Waals surface area contributed by atoms with E-state index in [0.717, 1.165) is 34.3 Å². The van der Waals surface area contributed by atoms with E-state index in [0.29, 0.717) is 17.5 Å². The number of anilines is 1. The van der Waals surface area contributed by atoms with Gasteiger partial charge in [-0.3, -0.25) is 15.8 Å². The number of hydrogen-bond acceptors (Lipinski definition) is 4. The first-order valence-corrected chi connectivity index (χ1v) is 8.04. The van der Waals surface area contributed by atoms with Gasteiger partial charge in [-0.1, -0.05) is 11.6 Å². The molecule has 3 N–H and O–H groups in total. The first kappa shape index (κ1) is 16.3. The van der Waals surface area contributed by atoms with E-state index in [2.05, 4.69) is 20.4 Å². The van der Waals surface area contributed by atoms with Crippen LogP contribution in [-0.4, -0.2) is 32.8 Å². The summed E-state index contributed by atoms with van der Waals surface area (Å²) in [6, 6.07) is 7.71. The van der Waals surface area contributed by atoms with Crippen molar-refractivity contribution in [1.82, 2.24) is 20.0 Å². The molecule has 2 aromatic heterocycles. The number of aromatic amines is 1. The number of fused-ring (bicyclic) bond motifs is 1. The van der Waals surface area contributed by atoms with Gasteiger partial charge < -0.3 is 4.98 Å². The van der Waals surface area contributed by atoms with Crippen LogP contribution in [0, 0.1) is 19.3 Å². The van der Waals surface area contributed by atoms with Gasteiger partial charge in [0.1, 0.15) is 6.34 Å². The molecule has 0 aliphatic heterocycles. The number of H-pyrrole nitrogens is 1. The van der Waals surface area contributed by atoms with Crippen LogP contribution in [0.1, 0.15) is 17.0 Å². The van der Waals surface area contributed by atoms with Crippen LogP contribution in [0.5, 0.6) is 0 Å². The molecule has 24 heavy (non-hydrogen) atoms. The summed E-state index contributed by atoms with van der Waals surface area (Å²) in [6.45, 7) is 4.45. The average molecular weight is 343 g/mol. The first-order valence-electron chi connectivity index (χ1n) is 7.67. The second kappa shape index (κ2) is 6.88. The second-order valence-electron chi connectivity index (χ2n) is 5.66. The Morgan fingerprint density at radius 3 is 2.71 bits per heavy atom. The quantitative estimate of drug-likeness (QED) is 0.362. The number of hydrazine groups is 1. The highest BCUT2D eigenvalue weighted by molar-refractivity contribution is 6.31. The van der Waals surface area contributed by atoms with E-state index in [9.17, 15) is 0 Å². The molecular weight excluding hydrogens is 324 g/mol. The normalized spacial score (nSPS) is 10.8. The minimum absolute atomic E-state index is 0.498. The monoisotopic (exact) mass is 342 g/mol. The molecule has 0 unspecified atom stereocenters. The maximum atomic E-state index is 7.60. The number of nitrogens with one attached hydrogen (secondary N) is 3. The van der Waals surface area contributed by atoms with E-state index >= 15 is 0 Å². The molecule has 1 aromatic carbocycles. The van der Waals surface area contributed by atoms with Gasteiger partial charge >= 0.3 is 0 Å². The fourth-order valence-electron chi connectivity index (χ4n) is 2.66. The van der Waals surface area contributed by atoms with E-state index in [4.69, 9.17) is 17.0 Å². The van der Waals surface area contributed by atoms with Crippen LogP contribution in [-0.2, 0) is 6.42 Å². The Bertz CT molecular complexity index is 852. The Morgan fingerprint density at radius 1 is 1.25 bits per heavy atom. The zero-order chi connectivity index (χ0) is 17.1. The van der Waals surface area contributed by atoms with Crippen LogP contribution in [0.15, 0.2) is 30.5 Å². The lowest BCUT2D eigenvalue weighted by atomic mass is 10.1. The summed E-state index contributed by atoms with van der Waals surface area (Å²) in [5.74, 6) is 0.498. The van der Waals surface area contributed by atoms with E-state index < -0.39 is 0 Å². The molecule has 0 atom stereocenters. The zero-order valence-electron chi connectivity index (χ0n) is 13.6. The SMILES string of the molecule is Cc1cc(C)nc(NN(C=N)CCc2c[nH]c3ccc(Cl)cc23)n1. The van der Waals surface area contributed by atoms with Gasteiger partial charge in [-0.15, -0.1) is 0 Å². The molecule has 0 saturated carbocycles. The number of benzene rings is 1. The Hall–Kier alpha value is -2.60. The van der Waals surface area contributed by atoms with Crippen molar-refractivity contribution in [3.05, 3.63) is 52.4 Å². The van der Waals surface area contributed by atoms with Gasteiger partial charge in [0.05, 0.1) is 0 Å². The smallest absolute Gasteiger partial charge is 0.242 e. The van der Waals surface area contributed by atoms with Gasteiger partial charge in [0.2, 0.25) is 5.95 Å². The fourth-order valence-corrected chi connectivity index (χ4v) is 2.83. The molecule has 3 rings (SSSR count). The van der Waals surface area contributed by atoms with Crippen molar-refractivity contribution >= 4 is 34.8 Å². The fraction of sp³-hybridized carbons (Fsp3) is 0.235. The molecule has 6 nitrogen and oxygen atoms in total. The van der Waals surface area contributed by atoms with Crippen molar-refractivity contribution < 1.29 is 0 Å². The third-order valence-electron chi connectivity index (χ3n) is 3.73. The Balaban J connectivity index is 1.71. The maximum Gasteiger partial charge on any atom is 0.242 e. The van der Waals surface area contributed by atoms with E-state index in [1.165, 1.54) is 6.34 Å². The Morgan fingerprint density at radius 2 is 2.00 bits per heavy atom. The lowest BCUT2D eigenvalue weighted by molar-refractivity contribution is 0.505. The van der Waals surface area contributed by atoms with Crippen molar-refractivity contribution in [1.29, 1.82) is 5.41 Å². The third kappa shape index (κ3) is 3.65. The lowest BCUT2D eigenvalue weighted by Crippen LogP contribution is -2.31. The van der Waals surface area contributed by atoms with Crippen molar-refractivity contribution in [2.24, 2.45) is 0 Å². The number of halogens is 1. The summed E-state index contributed by atoms with van der Waals surface area (Å²) in [5, 5.41) is 11.1. The largest absolute Gasteiger partial charge is 0.361 e. The number of rotatable bonds is 6. The summed E-state index contributed by atoms with van der Waals surface area (Å²) in [4.78, 5) is 11.9. The van der Waals surface area contributed by atoms with Gasteiger partial charge in [-0.05, 0) is 50.1 Å². The summed E-state index contributed by atoms with van der Waals surface area (Å²) < 4.78 is 0. The maximum absolute atomic E-state index is 7.60. The third-order valence-corrected chi connectivity index (χ3v) is 3.97. The van der Waals surface area contributed by atoms with Crippen LogP contribution in [0.3, 0.4) is 0 Å². The molecule has 124 valence electrons. The number of aryl methyl sites for hydroxylation is 2. The van der Waals surface area contributed by atoms with Crippen LogP contribution in [0.25, 0.3) is 10.9 Å². The lowest BCUT2D eigenvalue weighted by Gasteiger charge is -2.20. The van der Waals surface area contributed by atoms with Gasteiger partial charge in [0, 0.05) is 40.1 Å². The molecule has 0 aliphatic carbocycles. The highest BCUT2D eigenvalue weighted by atomic mass is 35.5. The van der Waals surface area contributed by atoms with Crippen molar-refractivity contribution in [3.63, 3.8) is 0 Å². The predicted molar refractivity (Wildman–Crippen MR) is 97.6 cm³/mol. The van der Waals surface area contributed by atoms with Crippen molar-refractivity contribution in [2.75, 3.05) is 12.0 Å². The highest BCUT2D eigenvalue weighted by Gasteiger charge is 2.08. The molecule has 3 aromatic rings. The summed E-state index contributed by atoms with van der Waals surface area (Å²) in [5.41, 5.74) is 7.06. The second-order valence-corrected chi connectivity index (χ2v) is 6.10. The first-order chi connectivity index (χ1) is 11.5. The van der Waals surface area contributed by atoms with Gasteiger partial charge in [0.25, 0.3) is 0 Å². The van der Waals surface area contributed by atoms with Crippen LogP contribution in [0.4, 0.5) is 5.95 Å². The highest BCUT2D eigenvalue weighted by Crippen LogP contribution is 2.22. The Labute approximate surface area is 145 Å². The molecule has 0 aliphatic rings. The van der Waals surface area contributed by atoms with Gasteiger partial charge in [-0.25, -0.2) is 9.97 Å². The van der Waals surface area contributed by atoms with Gasteiger partial charge in [-0.2, -0.15) is 0 Å². The average Bonchev–Trinajstić information content (AvgIpc) is 2.92. The predicted octanol–water partition coefficient (Wildman–Crippen LogP) is 3.71. The molecule has 7 heteroatoms. The standard InChI is InChI=1S/C17H19ClN6/c1-11-7-12(2)22-17(21-11)23-24(10-19)6-5-13-9-20-16-4-3-14(18)8-15(13)16/h3-4,7-10,19-20H,5-6H2,1-2H3,(H,21,22,23). The molecule has 0 bridgehead atoms. The van der Waals surface area contributed by atoms with Crippen LogP contribution < -0.4 is 5.43 Å². The van der Waals surface area contributed by atoms with E-state index in [1.54, 1.807) is 5.01 Å². The van der Waals surface area contributed by atoms with Gasteiger partial charge in [0.15, 0.2) is 0 Å².